The van der Waals surface area contributed by atoms with Crippen LogP contribution in [0.25, 0.3) is 0 Å². The molecule has 0 aliphatic carbocycles. The maximum Gasteiger partial charge on any atom is 0.344 e. The van der Waals surface area contributed by atoms with E-state index in [0.29, 0.717) is 24.3 Å². The van der Waals surface area contributed by atoms with Gasteiger partial charge in [0.15, 0.2) is 0 Å². The fourth-order valence-electron chi connectivity index (χ4n) is 2.69. The lowest BCUT2D eigenvalue weighted by Gasteiger charge is -2.21. The summed E-state index contributed by atoms with van der Waals surface area (Å²) in [6.07, 6.45) is 1.66. The fraction of sp³-hybridized carbons (Fsp3) is 0.474. The van der Waals surface area contributed by atoms with E-state index < -0.39 is 23.4 Å². The van der Waals surface area contributed by atoms with Crippen LogP contribution < -0.4 is 16.1 Å². The Morgan fingerprint density at radius 1 is 1.22 bits per heavy atom. The van der Waals surface area contributed by atoms with Crippen molar-refractivity contribution in [3.63, 3.8) is 0 Å². The summed E-state index contributed by atoms with van der Waals surface area (Å²) in [5, 5.41) is 5.80. The van der Waals surface area contributed by atoms with E-state index in [4.69, 9.17) is 0 Å². The molecular weight excluding hydrogens is 348 g/mol. The Hall–Kier alpha value is -2.90. The van der Waals surface area contributed by atoms with Gasteiger partial charge in [0.1, 0.15) is 5.54 Å². The van der Waals surface area contributed by atoms with Crippen LogP contribution in [-0.2, 0) is 20.8 Å². The second-order valence-electron chi connectivity index (χ2n) is 6.95. The molecule has 1 aromatic carbocycles. The first kappa shape index (κ1) is 20.4. The first-order chi connectivity index (χ1) is 12.8. The van der Waals surface area contributed by atoms with E-state index >= 15 is 0 Å². The van der Waals surface area contributed by atoms with Gasteiger partial charge < -0.3 is 10.6 Å². The van der Waals surface area contributed by atoms with Crippen molar-refractivity contribution in [2.24, 2.45) is 5.92 Å². The SMILES string of the molecule is CCC(C)C(=O)NCC(=O)NN1C(=O)NC(C)(CCc2ccccc2)C1=O. The summed E-state index contributed by atoms with van der Waals surface area (Å²) in [7, 11) is 0. The van der Waals surface area contributed by atoms with Crippen molar-refractivity contribution < 1.29 is 19.2 Å². The molecule has 1 aromatic rings. The number of nitrogens with zero attached hydrogens (tertiary/aromatic N) is 1. The summed E-state index contributed by atoms with van der Waals surface area (Å²) in [6.45, 7) is 4.95. The molecule has 0 bridgehead atoms. The predicted octanol–water partition coefficient (Wildman–Crippen LogP) is 1.12. The minimum Gasteiger partial charge on any atom is -0.347 e. The van der Waals surface area contributed by atoms with E-state index in [1.165, 1.54) is 0 Å². The highest BCUT2D eigenvalue weighted by Gasteiger charge is 2.48. The average Bonchev–Trinajstić information content (AvgIpc) is 2.88. The van der Waals surface area contributed by atoms with Crippen molar-refractivity contribution >= 4 is 23.8 Å². The molecule has 5 amide bonds. The summed E-state index contributed by atoms with van der Waals surface area (Å²) in [5.74, 6) is -1.62. The molecule has 1 aliphatic rings. The van der Waals surface area contributed by atoms with Crippen molar-refractivity contribution in [1.82, 2.24) is 21.1 Å². The minimum atomic E-state index is -1.10. The molecule has 8 heteroatoms. The molecule has 1 aliphatic heterocycles. The fourth-order valence-corrected chi connectivity index (χ4v) is 2.69. The third-order valence-corrected chi connectivity index (χ3v) is 4.74. The molecular formula is C19H26N4O4. The molecule has 2 rings (SSSR count). The zero-order valence-corrected chi connectivity index (χ0v) is 15.9. The van der Waals surface area contributed by atoms with Gasteiger partial charge in [0.05, 0.1) is 6.54 Å². The maximum absolute atomic E-state index is 12.6. The number of hydrogen-bond acceptors (Lipinski definition) is 4. The van der Waals surface area contributed by atoms with Crippen molar-refractivity contribution in [3.05, 3.63) is 35.9 Å². The average molecular weight is 374 g/mol. The summed E-state index contributed by atoms with van der Waals surface area (Å²) in [4.78, 5) is 48.5. The molecule has 1 saturated heterocycles. The van der Waals surface area contributed by atoms with Crippen LogP contribution in [0.5, 0.6) is 0 Å². The summed E-state index contributed by atoms with van der Waals surface area (Å²) < 4.78 is 0. The van der Waals surface area contributed by atoms with Gasteiger partial charge in [-0.3, -0.25) is 19.8 Å². The second kappa shape index (κ2) is 8.66. The zero-order chi connectivity index (χ0) is 20.0. The van der Waals surface area contributed by atoms with E-state index in [9.17, 15) is 19.2 Å². The highest BCUT2D eigenvalue weighted by molar-refractivity contribution is 6.07. The molecule has 2 unspecified atom stereocenters. The van der Waals surface area contributed by atoms with Gasteiger partial charge in [-0.05, 0) is 31.7 Å². The summed E-state index contributed by atoms with van der Waals surface area (Å²) in [6, 6.07) is 8.94. The second-order valence-corrected chi connectivity index (χ2v) is 6.95. The van der Waals surface area contributed by atoms with Crippen LogP contribution in [0.2, 0.25) is 0 Å². The molecule has 1 heterocycles. The highest BCUT2D eigenvalue weighted by Crippen LogP contribution is 2.22. The Bertz CT molecular complexity index is 722. The quantitative estimate of drug-likeness (QED) is 0.593. The number of amides is 5. The third-order valence-electron chi connectivity index (χ3n) is 4.74. The summed E-state index contributed by atoms with van der Waals surface area (Å²) >= 11 is 0. The van der Waals surface area contributed by atoms with Crippen LogP contribution in [0, 0.1) is 5.92 Å². The largest absolute Gasteiger partial charge is 0.347 e. The Kier molecular flexibility index (Phi) is 6.55. The summed E-state index contributed by atoms with van der Waals surface area (Å²) in [5.41, 5.74) is 2.22. The molecule has 3 N–H and O–H groups in total. The number of carbonyl (C=O) groups is 4. The number of urea groups is 1. The first-order valence-corrected chi connectivity index (χ1v) is 9.04. The Morgan fingerprint density at radius 3 is 2.52 bits per heavy atom. The van der Waals surface area contributed by atoms with Gasteiger partial charge in [0.25, 0.3) is 11.8 Å². The van der Waals surface area contributed by atoms with Gasteiger partial charge in [0.2, 0.25) is 5.91 Å². The monoisotopic (exact) mass is 374 g/mol. The molecule has 0 aromatic heterocycles. The smallest absolute Gasteiger partial charge is 0.344 e. The molecule has 0 radical (unpaired) electrons. The molecule has 0 saturated carbocycles. The number of aryl methyl sites for hydroxylation is 1. The highest BCUT2D eigenvalue weighted by atomic mass is 16.2. The molecule has 8 nitrogen and oxygen atoms in total. The standard InChI is InChI=1S/C19H26N4O4/c1-4-13(2)16(25)20-12-15(24)22-23-17(26)19(3,21-18(23)27)11-10-14-8-6-5-7-9-14/h5-9,13H,4,10-12H2,1-3H3,(H,20,25)(H,21,27)(H,22,24). The molecule has 0 spiro atoms. The number of imide groups is 1. The van der Waals surface area contributed by atoms with E-state index in [1.807, 2.05) is 37.3 Å². The van der Waals surface area contributed by atoms with Crippen molar-refractivity contribution in [2.75, 3.05) is 6.54 Å². The lowest BCUT2D eigenvalue weighted by atomic mass is 9.93. The van der Waals surface area contributed by atoms with E-state index in [-0.39, 0.29) is 18.4 Å². The van der Waals surface area contributed by atoms with Gasteiger partial charge >= 0.3 is 6.03 Å². The van der Waals surface area contributed by atoms with Gasteiger partial charge in [-0.1, -0.05) is 44.2 Å². The van der Waals surface area contributed by atoms with Crippen molar-refractivity contribution in [1.29, 1.82) is 0 Å². The van der Waals surface area contributed by atoms with Crippen LogP contribution in [0.4, 0.5) is 4.79 Å². The van der Waals surface area contributed by atoms with E-state index in [1.54, 1.807) is 13.8 Å². The van der Waals surface area contributed by atoms with Crippen LogP contribution in [0.15, 0.2) is 30.3 Å². The lowest BCUT2D eigenvalue weighted by Crippen LogP contribution is -2.51. The van der Waals surface area contributed by atoms with Crippen LogP contribution >= 0.6 is 0 Å². The molecule has 1 fully saturated rings. The number of hydrazine groups is 1. The first-order valence-electron chi connectivity index (χ1n) is 9.04. The van der Waals surface area contributed by atoms with E-state index in [2.05, 4.69) is 16.1 Å². The van der Waals surface area contributed by atoms with E-state index in [0.717, 1.165) is 5.56 Å². The number of carbonyl (C=O) groups excluding carboxylic acids is 4. The van der Waals surface area contributed by atoms with Crippen LogP contribution in [0.3, 0.4) is 0 Å². The van der Waals surface area contributed by atoms with Gasteiger partial charge in [-0.15, -0.1) is 0 Å². The Labute approximate surface area is 158 Å². The molecule has 146 valence electrons. The van der Waals surface area contributed by atoms with Crippen molar-refractivity contribution in [2.45, 2.75) is 45.6 Å². The predicted molar refractivity (Wildman–Crippen MR) is 99.2 cm³/mol. The minimum absolute atomic E-state index is 0.212. The lowest BCUT2D eigenvalue weighted by molar-refractivity contribution is -0.139. The third kappa shape index (κ3) is 5.06. The van der Waals surface area contributed by atoms with Gasteiger partial charge in [-0.25, -0.2) is 4.79 Å². The maximum atomic E-state index is 12.6. The molecule has 2 atom stereocenters. The van der Waals surface area contributed by atoms with Crippen molar-refractivity contribution in [3.8, 4) is 0 Å². The van der Waals surface area contributed by atoms with Gasteiger partial charge in [-0.2, -0.15) is 5.01 Å². The topological polar surface area (TPSA) is 108 Å². The zero-order valence-electron chi connectivity index (χ0n) is 15.9. The Morgan fingerprint density at radius 2 is 1.89 bits per heavy atom. The number of rotatable bonds is 8. The van der Waals surface area contributed by atoms with Crippen LogP contribution in [0.1, 0.15) is 39.2 Å². The van der Waals surface area contributed by atoms with Crippen LogP contribution in [-0.4, -0.2) is 40.8 Å². The number of benzene rings is 1. The van der Waals surface area contributed by atoms with Gasteiger partial charge in [0, 0.05) is 5.92 Å². The Balaban J connectivity index is 1.90. The number of nitrogens with one attached hydrogen (secondary N) is 3. The normalized spacial score (nSPS) is 20.2. The molecule has 27 heavy (non-hydrogen) atoms. The number of hydrogen-bond donors (Lipinski definition) is 3.